The van der Waals surface area contributed by atoms with E-state index in [2.05, 4.69) is 0 Å². The molecule has 1 aliphatic rings. The first-order chi connectivity index (χ1) is 8.19. The highest BCUT2D eigenvalue weighted by atomic mass is 35.5. The van der Waals surface area contributed by atoms with Gasteiger partial charge in [0.1, 0.15) is 19.0 Å². The normalized spacial score (nSPS) is 15.5. The molecule has 0 saturated heterocycles. The third-order valence-electron chi connectivity index (χ3n) is 2.83. The van der Waals surface area contributed by atoms with Gasteiger partial charge in [-0.3, -0.25) is 0 Å². The zero-order valence-corrected chi connectivity index (χ0v) is 10.7. The Hall–Kier alpha value is -1.13. The van der Waals surface area contributed by atoms with Crippen LogP contribution in [0.5, 0.6) is 17.2 Å². The Labute approximate surface area is 106 Å². The minimum atomic E-state index is 0.0964. The highest BCUT2D eigenvalue weighted by molar-refractivity contribution is 6.32. The Balaban J connectivity index is 2.61. The van der Waals surface area contributed by atoms with E-state index in [0.717, 1.165) is 5.56 Å². The summed E-state index contributed by atoms with van der Waals surface area (Å²) < 4.78 is 16.5. The number of benzene rings is 1. The van der Waals surface area contributed by atoms with Crippen molar-refractivity contribution in [3.63, 3.8) is 0 Å². The lowest BCUT2D eigenvalue weighted by molar-refractivity contribution is 0.168. The van der Waals surface area contributed by atoms with Gasteiger partial charge in [-0.1, -0.05) is 18.5 Å². The molecule has 1 aromatic carbocycles. The summed E-state index contributed by atoms with van der Waals surface area (Å²) in [7, 11) is 1.59. The van der Waals surface area contributed by atoms with Crippen LogP contribution >= 0.6 is 11.6 Å². The van der Waals surface area contributed by atoms with Crippen molar-refractivity contribution in [3.05, 3.63) is 16.7 Å². The van der Waals surface area contributed by atoms with Gasteiger partial charge < -0.3 is 19.9 Å². The molecule has 1 atom stereocenters. The number of hydrogen-bond acceptors (Lipinski definition) is 4. The second kappa shape index (κ2) is 5.02. The molecule has 0 aromatic heterocycles. The molecule has 94 valence electrons. The molecule has 4 nitrogen and oxygen atoms in total. The molecule has 0 amide bonds. The van der Waals surface area contributed by atoms with Crippen LogP contribution in [0.2, 0.25) is 5.02 Å². The summed E-state index contributed by atoms with van der Waals surface area (Å²) >= 11 is 6.17. The van der Waals surface area contributed by atoms with Crippen molar-refractivity contribution in [2.24, 2.45) is 5.73 Å². The van der Waals surface area contributed by atoms with E-state index in [-0.39, 0.29) is 5.92 Å². The van der Waals surface area contributed by atoms with Crippen molar-refractivity contribution < 1.29 is 14.2 Å². The molecule has 0 bridgehead atoms. The topological polar surface area (TPSA) is 53.7 Å². The monoisotopic (exact) mass is 257 g/mol. The van der Waals surface area contributed by atoms with Gasteiger partial charge in [0, 0.05) is 17.5 Å². The van der Waals surface area contributed by atoms with E-state index in [9.17, 15) is 0 Å². The molecule has 0 saturated carbocycles. The number of halogens is 1. The molecule has 2 rings (SSSR count). The number of methoxy groups -OCH3 is 1. The van der Waals surface area contributed by atoms with Gasteiger partial charge in [0.15, 0.2) is 11.5 Å². The number of fused-ring (bicyclic) bond motifs is 1. The number of rotatable bonds is 3. The predicted octanol–water partition coefficient (Wildman–Crippen LogP) is 2.18. The van der Waals surface area contributed by atoms with Crippen molar-refractivity contribution >= 4 is 11.6 Å². The summed E-state index contributed by atoms with van der Waals surface area (Å²) in [5, 5.41) is 0.520. The summed E-state index contributed by atoms with van der Waals surface area (Å²) in [5.74, 6) is 2.08. The molecule has 0 aliphatic carbocycles. The SMILES string of the molecule is COc1c(Cl)cc2c(c1C(C)CN)OCCO2. The zero-order chi connectivity index (χ0) is 12.4. The van der Waals surface area contributed by atoms with Gasteiger partial charge in [-0.25, -0.2) is 0 Å². The molecule has 2 N–H and O–H groups in total. The molecule has 0 radical (unpaired) electrons. The van der Waals surface area contributed by atoms with Crippen LogP contribution in [-0.2, 0) is 0 Å². The fourth-order valence-corrected chi connectivity index (χ4v) is 2.21. The van der Waals surface area contributed by atoms with Crippen LogP contribution in [0.3, 0.4) is 0 Å². The van der Waals surface area contributed by atoms with Gasteiger partial charge in [-0.15, -0.1) is 0 Å². The largest absolute Gasteiger partial charge is 0.495 e. The lowest BCUT2D eigenvalue weighted by atomic mass is 9.98. The smallest absolute Gasteiger partial charge is 0.168 e. The summed E-state index contributed by atoms with van der Waals surface area (Å²) in [6, 6.07) is 1.72. The average molecular weight is 258 g/mol. The second-order valence-corrected chi connectivity index (χ2v) is 4.37. The zero-order valence-electron chi connectivity index (χ0n) is 9.96. The quantitative estimate of drug-likeness (QED) is 0.902. The molecular weight excluding hydrogens is 242 g/mol. The van der Waals surface area contributed by atoms with E-state index >= 15 is 0 Å². The average Bonchev–Trinajstić information content (AvgIpc) is 2.36. The summed E-state index contributed by atoms with van der Waals surface area (Å²) in [6.07, 6.45) is 0. The van der Waals surface area contributed by atoms with E-state index in [4.69, 9.17) is 31.5 Å². The lowest BCUT2D eigenvalue weighted by Gasteiger charge is -2.25. The van der Waals surface area contributed by atoms with Crippen LogP contribution in [0, 0.1) is 0 Å². The number of hydrogen-bond donors (Lipinski definition) is 1. The first-order valence-electron chi connectivity index (χ1n) is 5.55. The molecule has 0 fully saturated rings. The van der Waals surface area contributed by atoms with Crippen LogP contribution in [-0.4, -0.2) is 26.9 Å². The first kappa shape index (κ1) is 12.3. The Morgan fingerprint density at radius 3 is 2.82 bits per heavy atom. The van der Waals surface area contributed by atoms with E-state index in [1.165, 1.54) is 0 Å². The van der Waals surface area contributed by atoms with Gasteiger partial charge in [-0.2, -0.15) is 0 Å². The summed E-state index contributed by atoms with van der Waals surface area (Å²) in [4.78, 5) is 0. The highest BCUT2D eigenvalue weighted by Crippen LogP contribution is 2.47. The van der Waals surface area contributed by atoms with Crippen LogP contribution in [0.4, 0.5) is 0 Å². The van der Waals surface area contributed by atoms with E-state index in [0.29, 0.717) is 42.0 Å². The van der Waals surface area contributed by atoms with Gasteiger partial charge >= 0.3 is 0 Å². The van der Waals surface area contributed by atoms with Gasteiger partial charge in [0.2, 0.25) is 0 Å². The summed E-state index contributed by atoms with van der Waals surface area (Å²) in [6.45, 7) is 3.56. The fraction of sp³-hybridized carbons (Fsp3) is 0.500. The Kier molecular flexibility index (Phi) is 3.64. The van der Waals surface area contributed by atoms with Crippen LogP contribution in [0.25, 0.3) is 0 Å². The maximum Gasteiger partial charge on any atom is 0.168 e. The molecule has 0 spiro atoms. The van der Waals surface area contributed by atoms with Crippen molar-refractivity contribution in [1.29, 1.82) is 0 Å². The van der Waals surface area contributed by atoms with E-state index in [1.807, 2.05) is 6.92 Å². The molecule has 1 aliphatic heterocycles. The van der Waals surface area contributed by atoms with Crippen molar-refractivity contribution in [1.82, 2.24) is 0 Å². The maximum absolute atomic E-state index is 6.17. The summed E-state index contributed by atoms with van der Waals surface area (Å²) in [5.41, 5.74) is 6.60. The first-order valence-corrected chi connectivity index (χ1v) is 5.92. The van der Waals surface area contributed by atoms with Gasteiger partial charge in [-0.05, 0) is 6.54 Å². The molecular formula is C12H16ClNO3. The van der Waals surface area contributed by atoms with Gasteiger partial charge in [0.05, 0.1) is 12.1 Å². The Morgan fingerprint density at radius 2 is 2.18 bits per heavy atom. The number of nitrogens with two attached hydrogens (primary N) is 1. The standard InChI is InChI=1S/C12H16ClNO3/c1-7(6-14)10-11(15-2)8(13)5-9-12(10)17-4-3-16-9/h5,7H,3-4,6,14H2,1-2H3. The molecule has 1 unspecified atom stereocenters. The second-order valence-electron chi connectivity index (χ2n) is 3.97. The third kappa shape index (κ3) is 2.15. The minimum Gasteiger partial charge on any atom is -0.495 e. The van der Waals surface area contributed by atoms with E-state index in [1.54, 1.807) is 13.2 Å². The van der Waals surface area contributed by atoms with Crippen LogP contribution in [0.1, 0.15) is 18.4 Å². The lowest BCUT2D eigenvalue weighted by Crippen LogP contribution is -2.19. The maximum atomic E-state index is 6.17. The third-order valence-corrected chi connectivity index (χ3v) is 3.11. The number of ether oxygens (including phenoxy) is 3. The minimum absolute atomic E-state index is 0.0964. The van der Waals surface area contributed by atoms with Gasteiger partial charge in [0.25, 0.3) is 0 Å². The fourth-order valence-electron chi connectivity index (χ4n) is 1.94. The van der Waals surface area contributed by atoms with Crippen molar-refractivity contribution in [2.45, 2.75) is 12.8 Å². The molecule has 1 heterocycles. The van der Waals surface area contributed by atoms with Crippen LogP contribution < -0.4 is 19.9 Å². The molecule has 17 heavy (non-hydrogen) atoms. The Morgan fingerprint density at radius 1 is 1.47 bits per heavy atom. The highest BCUT2D eigenvalue weighted by Gasteiger charge is 2.26. The van der Waals surface area contributed by atoms with Crippen molar-refractivity contribution in [2.75, 3.05) is 26.9 Å². The Bertz CT molecular complexity index is 423. The van der Waals surface area contributed by atoms with E-state index < -0.39 is 0 Å². The molecule has 5 heteroatoms. The predicted molar refractivity (Wildman–Crippen MR) is 66.5 cm³/mol. The van der Waals surface area contributed by atoms with Crippen LogP contribution in [0.15, 0.2) is 6.07 Å². The molecule has 1 aromatic rings. The van der Waals surface area contributed by atoms with Crippen molar-refractivity contribution in [3.8, 4) is 17.2 Å².